The second-order valence-electron chi connectivity index (χ2n) is 3.03. The molecule has 2 rings (SSSR count). The molecule has 72 valence electrons. The third kappa shape index (κ3) is 1.14. The summed E-state index contributed by atoms with van der Waals surface area (Å²) in [6.07, 6.45) is 0. The van der Waals surface area contributed by atoms with Crippen LogP contribution in [0.2, 0.25) is 0 Å². The van der Waals surface area contributed by atoms with Crippen molar-refractivity contribution in [2.75, 3.05) is 12.2 Å². The quantitative estimate of drug-likeness (QED) is 0.533. The molecule has 0 bridgehead atoms. The number of hydrogen-bond acceptors (Lipinski definition) is 3. The zero-order valence-electron chi connectivity index (χ0n) is 8.01. The van der Waals surface area contributed by atoms with Crippen LogP contribution >= 0.6 is 0 Å². The van der Waals surface area contributed by atoms with Crippen LogP contribution in [0.1, 0.15) is 5.82 Å². The monoisotopic (exact) mass is 190 g/mol. The number of nitroso groups, excluding NO2 is 1. The summed E-state index contributed by atoms with van der Waals surface area (Å²) in [5, 5.41) is 4.08. The van der Waals surface area contributed by atoms with E-state index in [0.717, 1.165) is 16.9 Å². The summed E-state index contributed by atoms with van der Waals surface area (Å²) in [4.78, 5) is 14.7. The van der Waals surface area contributed by atoms with E-state index in [1.807, 2.05) is 31.2 Å². The number of fused-ring (bicyclic) bond motifs is 1. The minimum Gasteiger partial charge on any atom is -0.232 e. The Hall–Kier alpha value is -1.91. The summed E-state index contributed by atoms with van der Waals surface area (Å²) in [5.41, 5.74) is 1.74. The van der Waals surface area contributed by atoms with Gasteiger partial charge in [-0.3, -0.25) is 0 Å². The average molecular weight is 190 g/mol. The first-order chi connectivity index (χ1) is 6.74. The van der Waals surface area contributed by atoms with Crippen LogP contribution in [0, 0.1) is 11.8 Å². The highest BCUT2D eigenvalue weighted by atomic mass is 16.3. The first-order valence-electron chi connectivity index (χ1n) is 4.25. The lowest BCUT2D eigenvalue weighted by Crippen LogP contribution is -2.24. The van der Waals surface area contributed by atoms with Crippen LogP contribution in [0.15, 0.2) is 29.6 Å². The minimum atomic E-state index is 0.744. The molecule has 0 aliphatic heterocycles. The molecule has 1 aromatic carbocycles. The van der Waals surface area contributed by atoms with Crippen LogP contribution in [0.4, 0.5) is 0 Å². The summed E-state index contributed by atoms with van der Waals surface area (Å²) < 4.78 is 1.67. The van der Waals surface area contributed by atoms with Gasteiger partial charge in [0.25, 0.3) is 0 Å². The van der Waals surface area contributed by atoms with Crippen molar-refractivity contribution in [3.63, 3.8) is 0 Å². The summed E-state index contributed by atoms with van der Waals surface area (Å²) in [6, 6.07) is 7.61. The van der Waals surface area contributed by atoms with E-state index in [9.17, 15) is 4.91 Å². The van der Waals surface area contributed by atoms with Crippen LogP contribution in [-0.4, -0.2) is 16.7 Å². The van der Waals surface area contributed by atoms with Gasteiger partial charge in [0.05, 0.1) is 23.4 Å². The van der Waals surface area contributed by atoms with E-state index in [1.165, 1.54) is 5.12 Å². The first-order valence-corrected chi connectivity index (χ1v) is 4.25. The number of nitrogens with zero attached hydrogens (tertiary/aromatic N) is 4. The van der Waals surface area contributed by atoms with Crippen LogP contribution < -0.4 is 5.12 Å². The van der Waals surface area contributed by atoms with E-state index in [4.69, 9.17) is 0 Å². The van der Waals surface area contributed by atoms with Crippen molar-refractivity contribution < 1.29 is 0 Å². The predicted molar refractivity (Wildman–Crippen MR) is 54.4 cm³/mol. The van der Waals surface area contributed by atoms with E-state index in [-0.39, 0.29) is 0 Å². The van der Waals surface area contributed by atoms with Gasteiger partial charge in [0.1, 0.15) is 5.82 Å². The molecule has 5 heteroatoms. The predicted octanol–water partition coefficient (Wildman–Crippen LogP) is 1.59. The van der Waals surface area contributed by atoms with Gasteiger partial charge in [0, 0.05) is 0 Å². The zero-order valence-corrected chi connectivity index (χ0v) is 8.01. The maximum atomic E-state index is 10.4. The number of aryl methyl sites for hydroxylation is 1. The zero-order chi connectivity index (χ0) is 10.1. The number of rotatable bonds is 2. The van der Waals surface area contributed by atoms with Crippen LogP contribution in [0.5, 0.6) is 0 Å². The molecule has 1 heterocycles. The van der Waals surface area contributed by atoms with Crippen LogP contribution in [0.25, 0.3) is 11.0 Å². The van der Waals surface area contributed by atoms with E-state index in [1.54, 1.807) is 11.7 Å². The van der Waals surface area contributed by atoms with Crippen LogP contribution in [0.3, 0.4) is 0 Å². The second-order valence-corrected chi connectivity index (χ2v) is 3.03. The van der Waals surface area contributed by atoms with Gasteiger partial charge < -0.3 is 0 Å². The topological polar surface area (TPSA) is 50.5 Å². The molecule has 0 aliphatic rings. The lowest BCUT2D eigenvalue weighted by Gasteiger charge is -2.12. The van der Waals surface area contributed by atoms with E-state index in [0.29, 0.717) is 0 Å². The highest BCUT2D eigenvalue weighted by Crippen LogP contribution is 2.15. The highest BCUT2D eigenvalue weighted by molar-refractivity contribution is 5.76. The van der Waals surface area contributed by atoms with Gasteiger partial charge >= 0.3 is 0 Å². The Labute approximate surface area is 80.9 Å². The number of hydrogen-bond donors (Lipinski definition) is 0. The molecule has 2 aromatic rings. The molecule has 0 unspecified atom stereocenters. The molecule has 0 saturated heterocycles. The van der Waals surface area contributed by atoms with Crippen molar-refractivity contribution in [2.24, 2.45) is 5.29 Å². The first kappa shape index (κ1) is 8.68. The fraction of sp³-hybridized carbons (Fsp3) is 0.222. The molecule has 14 heavy (non-hydrogen) atoms. The molecule has 0 N–H and O–H groups in total. The van der Waals surface area contributed by atoms with Gasteiger partial charge in [-0.1, -0.05) is 12.1 Å². The third-order valence-corrected chi connectivity index (χ3v) is 2.11. The van der Waals surface area contributed by atoms with Crippen LogP contribution in [-0.2, 0) is 0 Å². The molecular weight excluding hydrogens is 180 g/mol. The van der Waals surface area contributed by atoms with Gasteiger partial charge in [-0.2, -0.15) is 5.12 Å². The Morgan fingerprint density at radius 3 is 2.86 bits per heavy atom. The minimum absolute atomic E-state index is 0.744. The van der Waals surface area contributed by atoms with Crippen molar-refractivity contribution in [2.45, 2.75) is 6.92 Å². The second kappa shape index (κ2) is 3.10. The van der Waals surface area contributed by atoms with Gasteiger partial charge in [-0.15, -0.1) is 4.91 Å². The summed E-state index contributed by atoms with van der Waals surface area (Å²) in [7, 11) is 1.59. The average Bonchev–Trinajstić information content (AvgIpc) is 2.53. The molecule has 0 aliphatic carbocycles. The van der Waals surface area contributed by atoms with Gasteiger partial charge in [-0.25, -0.2) is 9.66 Å². The number of aromatic nitrogens is 2. The van der Waals surface area contributed by atoms with Crippen molar-refractivity contribution in [3.8, 4) is 0 Å². The van der Waals surface area contributed by atoms with E-state index in [2.05, 4.69) is 10.3 Å². The maximum absolute atomic E-state index is 10.4. The number of imidazole rings is 1. The molecule has 0 amide bonds. The third-order valence-electron chi connectivity index (χ3n) is 2.11. The number of benzene rings is 1. The largest absolute Gasteiger partial charge is 0.232 e. The van der Waals surface area contributed by atoms with Gasteiger partial charge in [0.2, 0.25) is 0 Å². The fourth-order valence-electron chi connectivity index (χ4n) is 1.54. The normalized spacial score (nSPS) is 10.4. The molecule has 1 aromatic heterocycles. The van der Waals surface area contributed by atoms with Crippen molar-refractivity contribution in [1.29, 1.82) is 0 Å². The smallest absolute Gasteiger partial charge is 0.127 e. The fourth-order valence-corrected chi connectivity index (χ4v) is 1.54. The van der Waals surface area contributed by atoms with E-state index >= 15 is 0 Å². The Kier molecular flexibility index (Phi) is 1.92. The Morgan fingerprint density at radius 1 is 1.43 bits per heavy atom. The molecule has 0 saturated carbocycles. The lowest BCUT2D eigenvalue weighted by atomic mass is 10.3. The summed E-state index contributed by atoms with van der Waals surface area (Å²) >= 11 is 0. The number of para-hydroxylation sites is 2. The van der Waals surface area contributed by atoms with Gasteiger partial charge in [-0.05, 0) is 19.1 Å². The summed E-state index contributed by atoms with van der Waals surface area (Å²) in [5.74, 6) is 0.744. The lowest BCUT2D eigenvalue weighted by molar-refractivity contribution is 0.674. The standard InChI is InChI=1S/C9H10N4O/c1-7-10-8-5-3-4-6-9(8)13(7)12(2)11-14/h3-6H,1-2H3. The molecule has 0 atom stereocenters. The Balaban J connectivity index is 2.73. The molecular formula is C9H10N4O. The van der Waals surface area contributed by atoms with Crippen molar-refractivity contribution >= 4 is 11.0 Å². The van der Waals surface area contributed by atoms with Crippen molar-refractivity contribution in [1.82, 2.24) is 9.66 Å². The summed E-state index contributed by atoms with van der Waals surface area (Å²) in [6.45, 7) is 1.84. The molecule has 0 radical (unpaired) electrons. The Morgan fingerprint density at radius 2 is 2.14 bits per heavy atom. The highest BCUT2D eigenvalue weighted by Gasteiger charge is 2.09. The van der Waals surface area contributed by atoms with E-state index < -0.39 is 0 Å². The molecule has 0 fully saturated rings. The molecule has 5 nitrogen and oxygen atoms in total. The molecule has 0 spiro atoms. The SMILES string of the molecule is Cc1nc2ccccc2n1N(C)N=O. The maximum Gasteiger partial charge on any atom is 0.127 e. The van der Waals surface area contributed by atoms with Gasteiger partial charge in [0.15, 0.2) is 0 Å². The Bertz CT molecular complexity index is 477. The van der Waals surface area contributed by atoms with Crippen molar-refractivity contribution in [3.05, 3.63) is 35.0 Å².